The van der Waals surface area contributed by atoms with Crippen molar-refractivity contribution >= 4 is 5.95 Å². The van der Waals surface area contributed by atoms with Gasteiger partial charge in [-0.05, 0) is 37.9 Å². The maximum absolute atomic E-state index is 12.2. The van der Waals surface area contributed by atoms with Gasteiger partial charge in [0.2, 0.25) is 5.95 Å². The van der Waals surface area contributed by atoms with E-state index in [1.807, 2.05) is 18.3 Å². The zero-order valence-corrected chi connectivity index (χ0v) is 12.7. The van der Waals surface area contributed by atoms with E-state index in [4.69, 9.17) is 0 Å². The van der Waals surface area contributed by atoms with Crippen LogP contribution < -0.4 is 16.2 Å². The maximum atomic E-state index is 12.2. The van der Waals surface area contributed by atoms with Crippen LogP contribution in [0.2, 0.25) is 0 Å². The Morgan fingerprint density at radius 2 is 2.23 bits per heavy atom. The predicted octanol–water partition coefficient (Wildman–Crippen LogP) is 0.896. The summed E-state index contributed by atoms with van der Waals surface area (Å²) < 4.78 is 0. The van der Waals surface area contributed by atoms with Crippen molar-refractivity contribution in [1.82, 2.24) is 20.3 Å². The fourth-order valence-electron chi connectivity index (χ4n) is 2.78. The monoisotopic (exact) mass is 299 g/mol. The van der Waals surface area contributed by atoms with Gasteiger partial charge < -0.3 is 10.6 Å². The van der Waals surface area contributed by atoms with Gasteiger partial charge in [0.1, 0.15) is 0 Å². The Bertz CT molecular complexity index is 683. The highest BCUT2D eigenvalue weighted by Crippen LogP contribution is 2.10. The molecule has 0 aliphatic carbocycles. The maximum Gasteiger partial charge on any atom is 0.255 e. The number of hydrogen-bond donors (Lipinski definition) is 3. The zero-order valence-electron chi connectivity index (χ0n) is 12.7. The summed E-state index contributed by atoms with van der Waals surface area (Å²) in [6, 6.07) is 4.14. The van der Waals surface area contributed by atoms with Crippen molar-refractivity contribution in [2.75, 3.05) is 18.4 Å². The molecule has 2 aromatic rings. The topological polar surface area (TPSA) is 82.7 Å². The molecule has 0 saturated carbocycles. The molecule has 0 fully saturated rings. The lowest BCUT2D eigenvalue weighted by atomic mass is 10.1. The van der Waals surface area contributed by atoms with Gasteiger partial charge in [0.25, 0.3) is 5.56 Å². The Morgan fingerprint density at radius 1 is 1.36 bits per heavy atom. The van der Waals surface area contributed by atoms with E-state index < -0.39 is 0 Å². The number of hydrogen-bond acceptors (Lipinski definition) is 5. The number of anilines is 1. The molecule has 0 radical (unpaired) electrons. The number of H-pyrrole nitrogens is 1. The fraction of sp³-hybridized carbons (Fsp3) is 0.438. The summed E-state index contributed by atoms with van der Waals surface area (Å²) >= 11 is 0. The van der Waals surface area contributed by atoms with Crippen molar-refractivity contribution in [3.05, 3.63) is 51.7 Å². The summed E-state index contributed by atoms with van der Waals surface area (Å²) in [7, 11) is 0. The first-order valence-electron chi connectivity index (χ1n) is 7.70. The van der Waals surface area contributed by atoms with Gasteiger partial charge in [-0.25, -0.2) is 4.98 Å². The minimum atomic E-state index is -0.0234. The second kappa shape index (κ2) is 6.70. The molecule has 3 heterocycles. The molecule has 6 nitrogen and oxygen atoms in total. The van der Waals surface area contributed by atoms with Gasteiger partial charge >= 0.3 is 0 Å². The van der Waals surface area contributed by atoms with Crippen molar-refractivity contribution in [2.45, 2.75) is 32.2 Å². The first-order valence-corrected chi connectivity index (χ1v) is 7.70. The third-order valence-electron chi connectivity index (χ3n) is 3.84. The standard InChI is InChI=1S/C16H21N5O/c1-11(9-12-3-2-6-18-10-12)19-16-20-14-5-8-17-7-4-13(14)15(22)21-16/h2-3,6,10-11,17H,4-5,7-9H2,1H3,(H2,19,20,21,22). The molecule has 1 atom stereocenters. The summed E-state index contributed by atoms with van der Waals surface area (Å²) in [5, 5.41) is 6.58. The van der Waals surface area contributed by atoms with Crippen LogP contribution in [0.3, 0.4) is 0 Å². The molecule has 22 heavy (non-hydrogen) atoms. The number of pyridine rings is 1. The quantitative estimate of drug-likeness (QED) is 0.781. The molecule has 0 spiro atoms. The normalized spacial score (nSPS) is 15.7. The molecule has 3 rings (SSSR count). The highest BCUT2D eigenvalue weighted by Gasteiger charge is 2.15. The second-order valence-electron chi connectivity index (χ2n) is 5.70. The number of rotatable bonds is 4. The number of nitrogens with one attached hydrogen (secondary N) is 3. The Labute approximate surface area is 129 Å². The van der Waals surface area contributed by atoms with Gasteiger partial charge in [0.05, 0.1) is 5.69 Å². The smallest absolute Gasteiger partial charge is 0.255 e. The minimum absolute atomic E-state index is 0.0234. The molecular weight excluding hydrogens is 278 g/mol. The molecule has 1 aliphatic heterocycles. The zero-order chi connectivity index (χ0) is 15.4. The lowest BCUT2D eigenvalue weighted by Gasteiger charge is -2.15. The van der Waals surface area contributed by atoms with Crippen LogP contribution in [-0.2, 0) is 19.3 Å². The third kappa shape index (κ3) is 3.51. The van der Waals surface area contributed by atoms with E-state index in [-0.39, 0.29) is 11.6 Å². The number of nitrogens with zero attached hydrogens (tertiary/aromatic N) is 2. The second-order valence-corrected chi connectivity index (χ2v) is 5.70. The molecule has 0 aromatic carbocycles. The molecule has 116 valence electrons. The van der Waals surface area contributed by atoms with Crippen LogP contribution in [0.5, 0.6) is 0 Å². The summed E-state index contributed by atoms with van der Waals surface area (Å²) in [5.41, 5.74) is 2.86. The number of fused-ring (bicyclic) bond motifs is 1. The molecule has 6 heteroatoms. The predicted molar refractivity (Wildman–Crippen MR) is 86.2 cm³/mol. The average molecular weight is 299 g/mol. The lowest BCUT2D eigenvalue weighted by molar-refractivity contribution is 0.708. The van der Waals surface area contributed by atoms with Gasteiger partial charge in [-0.1, -0.05) is 6.07 Å². The van der Waals surface area contributed by atoms with E-state index in [1.54, 1.807) is 6.20 Å². The average Bonchev–Trinajstić information content (AvgIpc) is 2.74. The van der Waals surface area contributed by atoms with Gasteiger partial charge in [0.15, 0.2) is 0 Å². The fourth-order valence-corrected chi connectivity index (χ4v) is 2.78. The van der Waals surface area contributed by atoms with Crippen LogP contribution in [0.25, 0.3) is 0 Å². The van der Waals surface area contributed by atoms with Gasteiger partial charge in [-0.2, -0.15) is 0 Å². The molecule has 0 amide bonds. The summed E-state index contributed by atoms with van der Waals surface area (Å²) in [6.45, 7) is 3.77. The van der Waals surface area contributed by atoms with Crippen molar-refractivity contribution in [3.8, 4) is 0 Å². The first-order chi connectivity index (χ1) is 10.7. The highest BCUT2D eigenvalue weighted by atomic mass is 16.1. The van der Waals surface area contributed by atoms with Crippen LogP contribution in [0.4, 0.5) is 5.95 Å². The molecule has 3 N–H and O–H groups in total. The molecule has 2 aromatic heterocycles. The lowest BCUT2D eigenvalue weighted by Crippen LogP contribution is -2.25. The Kier molecular flexibility index (Phi) is 4.48. The highest BCUT2D eigenvalue weighted by molar-refractivity contribution is 5.32. The minimum Gasteiger partial charge on any atom is -0.353 e. The largest absolute Gasteiger partial charge is 0.353 e. The number of aromatic amines is 1. The van der Waals surface area contributed by atoms with Crippen molar-refractivity contribution in [2.24, 2.45) is 0 Å². The Balaban J connectivity index is 1.74. The Morgan fingerprint density at radius 3 is 3.05 bits per heavy atom. The van der Waals surface area contributed by atoms with Crippen LogP contribution in [0.15, 0.2) is 29.3 Å². The van der Waals surface area contributed by atoms with E-state index in [0.717, 1.165) is 49.2 Å². The van der Waals surface area contributed by atoms with E-state index in [2.05, 4.69) is 32.5 Å². The van der Waals surface area contributed by atoms with E-state index in [0.29, 0.717) is 5.95 Å². The molecule has 1 unspecified atom stereocenters. The van der Waals surface area contributed by atoms with Crippen molar-refractivity contribution < 1.29 is 0 Å². The molecular formula is C16H21N5O. The van der Waals surface area contributed by atoms with Gasteiger partial charge in [-0.3, -0.25) is 14.8 Å². The molecule has 0 bridgehead atoms. The molecule has 1 aliphatic rings. The van der Waals surface area contributed by atoms with Crippen LogP contribution in [0, 0.1) is 0 Å². The number of aromatic nitrogens is 3. The van der Waals surface area contributed by atoms with Gasteiger partial charge in [-0.15, -0.1) is 0 Å². The van der Waals surface area contributed by atoms with Crippen LogP contribution in [0.1, 0.15) is 23.7 Å². The SMILES string of the molecule is CC(Cc1cccnc1)Nc1nc2c(c(=O)[nH]1)CCNCC2. The van der Waals surface area contributed by atoms with E-state index in [1.165, 1.54) is 0 Å². The van der Waals surface area contributed by atoms with E-state index >= 15 is 0 Å². The van der Waals surface area contributed by atoms with Crippen molar-refractivity contribution in [1.29, 1.82) is 0 Å². The third-order valence-corrected chi connectivity index (χ3v) is 3.84. The van der Waals surface area contributed by atoms with Crippen LogP contribution in [-0.4, -0.2) is 34.1 Å². The van der Waals surface area contributed by atoms with Crippen molar-refractivity contribution in [3.63, 3.8) is 0 Å². The molecule has 0 saturated heterocycles. The summed E-state index contributed by atoms with van der Waals surface area (Å²) in [5.74, 6) is 0.557. The van der Waals surface area contributed by atoms with Crippen LogP contribution >= 0.6 is 0 Å². The van der Waals surface area contributed by atoms with E-state index in [9.17, 15) is 4.79 Å². The first kappa shape index (κ1) is 14.7. The summed E-state index contributed by atoms with van der Waals surface area (Å²) in [4.78, 5) is 23.8. The summed E-state index contributed by atoms with van der Waals surface area (Å²) in [6.07, 6.45) is 5.99. The van der Waals surface area contributed by atoms with Gasteiger partial charge in [0, 0.05) is 37.0 Å². The Hall–Kier alpha value is -2.21.